The fourth-order valence-corrected chi connectivity index (χ4v) is 2.29. The number of benzene rings is 1. The van der Waals surface area contributed by atoms with E-state index < -0.39 is 15.7 Å². The van der Waals surface area contributed by atoms with Crippen LogP contribution >= 0.6 is 0 Å². The summed E-state index contributed by atoms with van der Waals surface area (Å²) in [6.07, 6.45) is 0. The van der Waals surface area contributed by atoms with Gasteiger partial charge in [0.05, 0.1) is 4.92 Å². The molecule has 7 nitrogen and oxygen atoms in total. The molecule has 0 aliphatic carbocycles. The van der Waals surface area contributed by atoms with Gasteiger partial charge in [-0.25, -0.2) is 0 Å². The maximum absolute atomic E-state index is 11.8. The van der Waals surface area contributed by atoms with Gasteiger partial charge in [-0.15, -0.1) is 0 Å². The Morgan fingerprint density at radius 3 is 2.62 bits per heavy atom. The van der Waals surface area contributed by atoms with E-state index in [9.17, 15) is 19.1 Å². The van der Waals surface area contributed by atoms with Crippen molar-refractivity contribution in [2.75, 3.05) is 37.5 Å². The minimum atomic E-state index is -0.929. The van der Waals surface area contributed by atoms with Crippen molar-refractivity contribution in [1.29, 1.82) is 0 Å². The summed E-state index contributed by atoms with van der Waals surface area (Å²) in [7, 11) is 2.24. The Kier molecular flexibility index (Phi) is 6.29. The molecule has 0 fully saturated rings. The number of amides is 1. The molecule has 8 heteroatoms. The first-order valence-corrected chi connectivity index (χ1v) is 7.94. The van der Waals surface area contributed by atoms with E-state index in [0.29, 0.717) is 23.7 Å². The average Bonchev–Trinajstić information content (AvgIpc) is 2.46. The Balaban J connectivity index is 2.92. The van der Waals surface area contributed by atoms with Crippen molar-refractivity contribution in [1.82, 2.24) is 4.90 Å². The van der Waals surface area contributed by atoms with Gasteiger partial charge in [0.15, 0.2) is 0 Å². The topological polar surface area (TPSA) is 92.6 Å². The van der Waals surface area contributed by atoms with E-state index in [-0.39, 0.29) is 17.2 Å². The third-order valence-electron chi connectivity index (χ3n) is 2.81. The number of rotatable bonds is 7. The molecule has 0 aromatic heterocycles. The monoisotopic (exact) mass is 313 g/mol. The SMILES string of the molecule is CCS(=O)CCNc1ccc(C(=O)N(C)C)cc1[N+](=O)[O-]. The molecule has 1 unspecified atom stereocenters. The number of carbonyl (C=O) groups excluding carboxylic acids is 1. The number of nitro groups is 1. The molecular formula is C13H19N3O4S. The van der Waals surface area contributed by atoms with E-state index >= 15 is 0 Å². The minimum absolute atomic E-state index is 0.162. The first-order valence-electron chi connectivity index (χ1n) is 6.45. The van der Waals surface area contributed by atoms with Crippen LogP contribution in [-0.4, -0.2) is 52.1 Å². The van der Waals surface area contributed by atoms with Crippen molar-refractivity contribution in [3.05, 3.63) is 33.9 Å². The largest absolute Gasteiger partial charge is 0.379 e. The molecule has 0 aliphatic rings. The molecule has 1 aromatic carbocycles. The zero-order valence-electron chi connectivity index (χ0n) is 12.3. The zero-order valence-corrected chi connectivity index (χ0v) is 13.1. The van der Waals surface area contributed by atoms with Crippen LogP contribution in [0, 0.1) is 10.1 Å². The molecule has 1 N–H and O–H groups in total. The van der Waals surface area contributed by atoms with E-state index in [4.69, 9.17) is 0 Å². The van der Waals surface area contributed by atoms with Gasteiger partial charge in [0.2, 0.25) is 0 Å². The normalized spacial score (nSPS) is 11.8. The molecule has 1 atom stereocenters. The van der Waals surface area contributed by atoms with Crippen molar-refractivity contribution in [3.63, 3.8) is 0 Å². The highest BCUT2D eigenvalue weighted by Crippen LogP contribution is 2.25. The van der Waals surface area contributed by atoms with E-state index in [1.54, 1.807) is 14.1 Å². The van der Waals surface area contributed by atoms with Crippen LogP contribution < -0.4 is 5.32 Å². The van der Waals surface area contributed by atoms with Crippen LogP contribution in [-0.2, 0) is 10.8 Å². The summed E-state index contributed by atoms with van der Waals surface area (Å²) in [6.45, 7) is 2.20. The molecule has 0 saturated heterocycles. The van der Waals surface area contributed by atoms with E-state index in [1.807, 2.05) is 6.92 Å². The minimum Gasteiger partial charge on any atom is -0.379 e. The predicted molar refractivity (Wildman–Crippen MR) is 83.2 cm³/mol. The van der Waals surface area contributed by atoms with Crippen LogP contribution in [0.25, 0.3) is 0 Å². The molecule has 0 radical (unpaired) electrons. The van der Waals surface area contributed by atoms with E-state index in [1.165, 1.54) is 23.1 Å². The summed E-state index contributed by atoms with van der Waals surface area (Å²) >= 11 is 0. The van der Waals surface area contributed by atoms with Gasteiger partial charge < -0.3 is 10.2 Å². The first-order chi connectivity index (χ1) is 9.86. The maximum Gasteiger partial charge on any atom is 0.293 e. The van der Waals surface area contributed by atoms with Gasteiger partial charge in [-0.2, -0.15) is 0 Å². The number of nitro benzene ring substituents is 1. The molecular weight excluding hydrogens is 294 g/mol. The van der Waals surface area contributed by atoms with Crippen molar-refractivity contribution in [3.8, 4) is 0 Å². The molecule has 1 aromatic rings. The molecule has 0 spiro atoms. The lowest BCUT2D eigenvalue weighted by atomic mass is 10.1. The average molecular weight is 313 g/mol. The van der Waals surface area contributed by atoms with E-state index in [2.05, 4.69) is 5.32 Å². The Labute approximate surface area is 125 Å². The van der Waals surface area contributed by atoms with Crippen molar-refractivity contribution >= 4 is 28.1 Å². The first kappa shape index (κ1) is 17.1. The molecule has 1 rings (SSSR count). The quantitative estimate of drug-likeness (QED) is 0.608. The molecule has 0 saturated carbocycles. The lowest BCUT2D eigenvalue weighted by molar-refractivity contribution is -0.384. The summed E-state index contributed by atoms with van der Waals surface area (Å²) in [4.78, 5) is 23.7. The second kappa shape index (κ2) is 7.72. The number of anilines is 1. The van der Waals surface area contributed by atoms with Crippen molar-refractivity contribution < 1.29 is 13.9 Å². The maximum atomic E-state index is 11.8. The van der Waals surface area contributed by atoms with Gasteiger partial charge in [0, 0.05) is 54.6 Å². The summed E-state index contributed by atoms with van der Waals surface area (Å²) in [5, 5.41) is 14.0. The van der Waals surface area contributed by atoms with Gasteiger partial charge >= 0.3 is 0 Å². The molecule has 1 amide bonds. The lowest BCUT2D eigenvalue weighted by Crippen LogP contribution is -2.22. The fourth-order valence-electron chi connectivity index (χ4n) is 1.67. The van der Waals surface area contributed by atoms with Gasteiger partial charge in [0.1, 0.15) is 5.69 Å². The van der Waals surface area contributed by atoms with Gasteiger partial charge in [-0.05, 0) is 12.1 Å². The van der Waals surface area contributed by atoms with Crippen LogP contribution in [0.2, 0.25) is 0 Å². The number of hydrogen-bond acceptors (Lipinski definition) is 5. The second-order valence-electron chi connectivity index (χ2n) is 4.55. The number of carbonyl (C=O) groups is 1. The summed E-state index contributed by atoms with van der Waals surface area (Å²) in [5.74, 6) is 0.684. The smallest absolute Gasteiger partial charge is 0.293 e. The number of nitrogens with one attached hydrogen (secondary N) is 1. The predicted octanol–water partition coefficient (Wildman–Crippen LogP) is 1.48. The van der Waals surface area contributed by atoms with Crippen molar-refractivity contribution in [2.24, 2.45) is 0 Å². The highest BCUT2D eigenvalue weighted by atomic mass is 32.2. The Morgan fingerprint density at radius 2 is 2.10 bits per heavy atom. The molecule has 0 bridgehead atoms. The van der Waals surface area contributed by atoms with Crippen LogP contribution in [0.4, 0.5) is 11.4 Å². The summed E-state index contributed by atoms with van der Waals surface area (Å²) in [5.41, 5.74) is 0.419. The van der Waals surface area contributed by atoms with Crippen LogP contribution in [0.5, 0.6) is 0 Å². The molecule has 21 heavy (non-hydrogen) atoms. The molecule has 116 valence electrons. The van der Waals surface area contributed by atoms with Gasteiger partial charge in [0.25, 0.3) is 11.6 Å². The zero-order chi connectivity index (χ0) is 16.0. The Morgan fingerprint density at radius 1 is 1.43 bits per heavy atom. The summed E-state index contributed by atoms with van der Waals surface area (Å²) in [6, 6.07) is 4.29. The van der Waals surface area contributed by atoms with Crippen LogP contribution in [0.15, 0.2) is 18.2 Å². The van der Waals surface area contributed by atoms with Crippen LogP contribution in [0.1, 0.15) is 17.3 Å². The lowest BCUT2D eigenvalue weighted by Gasteiger charge is -2.12. The van der Waals surface area contributed by atoms with Crippen LogP contribution in [0.3, 0.4) is 0 Å². The Bertz CT molecular complexity index is 560. The second-order valence-corrected chi connectivity index (χ2v) is 6.41. The van der Waals surface area contributed by atoms with Gasteiger partial charge in [-0.3, -0.25) is 19.1 Å². The standard InChI is InChI=1S/C13H19N3O4S/c1-4-21(20)8-7-14-11-6-5-10(13(17)15(2)3)9-12(11)16(18)19/h5-6,9,14H,4,7-8H2,1-3H3. The third kappa shape index (κ3) is 4.82. The van der Waals surface area contributed by atoms with E-state index in [0.717, 1.165) is 0 Å². The molecule has 0 heterocycles. The fraction of sp³-hybridized carbons (Fsp3) is 0.462. The van der Waals surface area contributed by atoms with Crippen molar-refractivity contribution in [2.45, 2.75) is 6.92 Å². The Hall–Kier alpha value is -1.96. The number of hydrogen-bond donors (Lipinski definition) is 1. The number of nitrogens with zero attached hydrogens (tertiary/aromatic N) is 2. The highest BCUT2D eigenvalue weighted by molar-refractivity contribution is 7.84. The molecule has 0 aliphatic heterocycles. The summed E-state index contributed by atoms with van der Waals surface area (Å²) < 4.78 is 11.3. The van der Waals surface area contributed by atoms with Gasteiger partial charge in [-0.1, -0.05) is 6.92 Å². The highest BCUT2D eigenvalue weighted by Gasteiger charge is 2.18. The third-order valence-corrected chi connectivity index (χ3v) is 4.12.